The average molecular weight is 319 g/mol. The molecule has 114 valence electrons. The molecule has 0 atom stereocenters. The van der Waals surface area contributed by atoms with Crippen LogP contribution in [0, 0.1) is 0 Å². The summed E-state index contributed by atoms with van der Waals surface area (Å²) in [7, 11) is 1.69. The number of rotatable bonds is 3. The molecular formula is C13H13N5O3S. The Morgan fingerprint density at radius 1 is 1.36 bits per heavy atom. The van der Waals surface area contributed by atoms with Crippen LogP contribution in [-0.4, -0.2) is 27.6 Å². The number of anilines is 2. The van der Waals surface area contributed by atoms with Crippen LogP contribution in [0.15, 0.2) is 24.4 Å². The van der Waals surface area contributed by atoms with Crippen molar-refractivity contribution in [1.29, 1.82) is 0 Å². The maximum atomic E-state index is 11.3. The van der Waals surface area contributed by atoms with Gasteiger partial charge < -0.3 is 25.8 Å². The Labute approximate surface area is 131 Å². The fraction of sp³-hybridized carbons (Fsp3) is 0.154. The summed E-state index contributed by atoms with van der Waals surface area (Å²) in [5, 5.41) is 10.2. The standard InChI is InChI=1S/C13H13N5O3S/c1-18-5-8(11(17-18)12(14)19)16-13(22)15-7-2-3-9-10(4-7)21-6-20-9/h2-5H,6H2,1H3,(H2,14,19)(H2,15,16,22). The number of fused-ring (bicyclic) bond motifs is 1. The average Bonchev–Trinajstić information content (AvgIpc) is 3.04. The number of carbonyl (C=O) groups excluding carboxylic acids is 1. The molecule has 0 saturated carbocycles. The van der Waals surface area contributed by atoms with Gasteiger partial charge in [0.25, 0.3) is 5.91 Å². The molecule has 0 radical (unpaired) electrons. The van der Waals surface area contributed by atoms with Crippen LogP contribution in [0.5, 0.6) is 11.5 Å². The number of hydrogen-bond acceptors (Lipinski definition) is 5. The molecule has 3 rings (SSSR count). The second-order valence-electron chi connectivity index (χ2n) is 4.58. The van der Waals surface area contributed by atoms with E-state index in [0.717, 1.165) is 5.69 Å². The van der Waals surface area contributed by atoms with Gasteiger partial charge in [0.1, 0.15) is 0 Å². The predicted octanol–water partition coefficient (Wildman–Crippen LogP) is 1.06. The van der Waals surface area contributed by atoms with Crippen molar-refractivity contribution in [3.63, 3.8) is 0 Å². The van der Waals surface area contributed by atoms with Gasteiger partial charge in [-0.2, -0.15) is 5.10 Å². The maximum Gasteiger partial charge on any atom is 0.271 e. The summed E-state index contributed by atoms with van der Waals surface area (Å²) in [5.41, 5.74) is 6.56. The molecule has 9 heteroatoms. The summed E-state index contributed by atoms with van der Waals surface area (Å²) in [4.78, 5) is 11.3. The molecule has 0 unspecified atom stereocenters. The van der Waals surface area contributed by atoms with Gasteiger partial charge in [-0.25, -0.2) is 0 Å². The number of carbonyl (C=O) groups is 1. The van der Waals surface area contributed by atoms with E-state index in [4.69, 9.17) is 27.4 Å². The van der Waals surface area contributed by atoms with Gasteiger partial charge in [0, 0.05) is 25.0 Å². The fourth-order valence-corrected chi connectivity index (χ4v) is 2.25. The van der Waals surface area contributed by atoms with Crippen LogP contribution in [0.1, 0.15) is 10.5 Å². The first-order valence-electron chi connectivity index (χ1n) is 6.34. The van der Waals surface area contributed by atoms with Crippen LogP contribution in [0.3, 0.4) is 0 Å². The zero-order chi connectivity index (χ0) is 15.7. The minimum absolute atomic E-state index is 0.123. The summed E-state index contributed by atoms with van der Waals surface area (Å²) in [5.74, 6) is 0.702. The third kappa shape index (κ3) is 2.79. The van der Waals surface area contributed by atoms with E-state index in [1.807, 2.05) is 0 Å². The van der Waals surface area contributed by atoms with E-state index in [9.17, 15) is 4.79 Å². The second kappa shape index (κ2) is 5.53. The SMILES string of the molecule is Cn1cc(NC(=S)Nc2ccc3c(c2)OCO3)c(C(N)=O)n1. The first kappa shape index (κ1) is 14.1. The van der Waals surface area contributed by atoms with Crippen LogP contribution in [0.25, 0.3) is 0 Å². The van der Waals surface area contributed by atoms with E-state index in [0.29, 0.717) is 22.3 Å². The van der Waals surface area contributed by atoms with Gasteiger partial charge in [0.15, 0.2) is 22.3 Å². The third-order valence-electron chi connectivity index (χ3n) is 2.94. The predicted molar refractivity (Wildman–Crippen MR) is 84.1 cm³/mol. The van der Waals surface area contributed by atoms with E-state index in [1.54, 1.807) is 31.4 Å². The molecule has 0 aliphatic carbocycles. The minimum Gasteiger partial charge on any atom is -0.454 e. The summed E-state index contributed by atoms with van der Waals surface area (Å²) in [6.07, 6.45) is 1.62. The van der Waals surface area contributed by atoms with Crippen molar-refractivity contribution in [3.05, 3.63) is 30.1 Å². The molecule has 8 nitrogen and oxygen atoms in total. The van der Waals surface area contributed by atoms with Gasteiger partial charge in [-0.3, -0.25) is 9.48 Å². The molecule has 2 heterocycles. The number of ether oxygens (including phenoxy) is 2. The number of benzene rings is 1. The first-order valence-corrected chi connectivity index (χ1v) is 6.75. The molecule has 22 heavy (non-hydrogen) atoms. The minimum atomic E-state index is -0.631. The quantitative estimate of drug-likeness (QED) is 0.727. The fourth-order valence-electron chi connectivity index (χ4n) is 2.02. The molecular weight excluding hydrogens is 306 g/mol. The van der Waals surface area contributed by atoms with Crippen LogP contribution < -0.4 is 25.8 Å². The molecule has 4 N–H and O–H groups in total. The Bertz CT molecular complexity index is 758. The second-order valence-corrected chi connectivity index (χ2v) is 4.98. The monoisotopic (exact) mass is 319 g/mol. The highest BCUT2D eigenvalue weighted by molar-refractivity contribution is 7.80. The van der Waals surface area contributed by atoms with Crippen molar-refractivity contribution in [1.82, 2.24) is 9.78 Å². The smallest absolute Gasteiger partial charge is 0.271 e. The van der Waals surface area contributed by atoms with Gasteiger partial charge in [0.2, 0.25) is 6.79 Å². The molecule has 0 fully saturated rings. The molecule has 0 bridgehead atoms. The van der Waals surface area contributed by atoms with E-state index in [-0.39, 0.29) is 12.5 Å². The number of nitrogens with one attached hydrogen (secondary N) is 2. The van der Waals surface area contributed by atoms with Gasteiger partial charge >= 0.3 is 0 Å². The van der Waals surface area contributed by atoms with Crippen LogP contribution in [0.4, 0.5) is 11.4 Å². The van der Waals surface area contributed by atoms with Crippen molar-refractivity contribution >= 4 is 34.6 Å². The summed E-state index contributed by atoms with van der Waals surface area (Å²) < 4.78 is 12.0. The number of aromatic nitrogens is 2. The molecule has 1 aromatic heterocycles. The summed E-state index contributed by atoms with van der Waals surface area (Å²) in [6.45, 7) is 0.207. The van der Waals surface area contributed by atoms with Crippen molar-refractivity contribution < 1.29 is 14.3 Å². The van der Waals surface area contributed by atoms with E-state index >= 15 is 0 Å². The Morgan fingerprint density at radius 3 is 2.91 bits per heavy atom. The number of hydrogen-bond donors (Lipinski definition) is 3. The molecule has 2 aromatic rings. The lowest BCUT2D eigenvalue weighted by molar-refractivity contribution is 0.0995. The summed E-state index contributed by atoms with van der Waals surface area (Å²) in [6, 6.07) is 5.36. The van der Waals surface area contributed by atoms with Gasteiger partial charge in [-0.1, -0.05) is 0 Å². The largest absolute Gasteiger partial charge is 0.454 e. The molecule has 1 aliphatic heterocycles. The van der Waals surface area contributed by atoms with Gasteiger partial charge in [0.05, 0.1) is 5.69 Å². The Morgan fingerprint density at radius 2 is 2.14 bits per heavy atom. The van der Waals surface area contributed by atoms with Crippen LogP contribution >= 0.6 is 12.2 Å². The van der Waals surface area contributed by atoms with Crippen molar-refractivity contribution in [2.75, 3.05) is 17.4 Å². The van der Waals surface area contributed by atoms with E-state index in [2.05, 4.69) is 15.7 Å². The molecule has 1 amide bonds. The number of primary amides is 1. The Hall–Kier alpha value is -2.81. The highest BCUT2D eigenvalue weighted by Crippen LogP contribution is 2.34. The van der Waals surface area contributed by atoms with Crippen molar-refractivity contribution in [2.45, 2.75) is 0 Å². The highest BCUT2D eigenvalue weighted by Gasteiger charge is 2.16. The topological polar surface area (TPSA) is 103 Å². The number of amides is 1. The molecule has 0 saturated heterocycles. The van der Waals surface area contributed by atoms with Crippen molar-refractivity contribution in [2.24, 2.45) is 12.8 Å². The molecule has 1 aliphatic rings. The highest BCUT2D eigenvalue weighted by atomic mass is 32.1. The zero-order valence-electron chi connectivity index (χ0n) is 11.6. The van der Waals surface area contributed by atoms with Crippen LogP contribution in [0.2, 0.25) is 0 Å². The Kier molecular flexibility index (Phi) is 3.55. The number of nitrogens with two attached hydrogens (primary N) is 1. The lowest BCUT2D eigenvalue weighted by Gasteiger charge is -2.10. The van der Waals surface area contributed by atoms with E-state index in [1.165, 1.54) is 4.68 Å². The van der Waals surface area contributed by atoms with E-state index < -0.39 is 5.91 Å². The normalized spacial score (nSPS) is 12.0. The lowest BCUT2D eigenvalue weighted by Crippen LogP contribution is -2.21. The molecule has 0 spiro atoms. The maximum absolute atomic E-state index is 11.3. The molecule has 1 aromatic carbocycles. The lowest BCUT2D eigenvalue weighted by atomic mass is 10.3. The van der Waals surface area contributed by atoms with Crippen molar-refractivity contribution in [3.8, 4) is 11.5 Å². The Balaban J connectivity index is 1.72. The first-order chi connectivity index (χ1) is 10.5. The van der Waals surface area contributed by atoms with Crippen LogP contribution in [-0.2, 0) is 7.05 Å². The number of aryl methyl sites for hydroxylation is 1. The zero-order valence-corrected chi connectivity index (χ0v) is 12.4. The number of nitrogens with zero attached hydrogens (tertiary/aromatic N) is 2. The third-order valence-corrected chi connectivity index (χ3v) is 3.14. The van der Waals surface area contributed by atoms with Gasteiger partial charge in [-0.15, -0.1) is 0 Å². The number of thiocarbonyl (C=S) groups is 1. The van der Waals surface area contributed by atoms with Gasteiger partial charge in [-0.05, 0) is 24.4 Å². The summed E-state index contributed by atoms with van der Waals surface area (Å²) >= 11 is 5.22.